The van der Waals surface area contributed by atoms with Crippen molar-refractivity contribution in [1.82, 2.24) is 29.9 Å². The van der Waals surface area contributed by atoms with E-state index in [-0.39, 0.29) is 218 Å². The first-order valence-electron chi connectivity index (χ1n) is 22.9. The Morgan fingerprint density at radius 2 is 0.798 bits per heavy atom. The third kappa shape index (κ3) is 20.9. The Labute approximate surface area is 690 Å². The van der Waals surface area contributed by atoms with Crippen LogP contribution < -0.4 is 255 Å². The molecule has 0 bridgehead atoms. The Hall–Kier alpha value is -3.29. The average molecular weight is 1460 g/mol. The Balaban J connectivity index is 0.00000430. The van der Waals surface area contributed by atoms with Gasteiger partial charge in [0.25, 0.3) is 20.2 Å². The van der Waals surface area contributed by atoms with Crippen molar-refractivity contribution in [3.63, 3.8) is 0 Å². The van der Waals surface area contributed by atoms with Crippen molar-refractivity contribution in [2.24, 2.45) is 40.4 Å². The number of benzene rings is 7. The van der Waals surface area contributed by atoms with Crippen LogP contribution in [-0.2, 0) is 40.5 Å². The van der Waals surface area contributed by atoms with Gasteiger partial charge in [-0.15, -0.1) is 20.5 Å². The molecule has 0 fully saturated rings. The van der Waals surface area contributed by atoms with E-state index in [0.29, 0.717) is 36.4 Å². The molecule has 0 atom stereocenters. The van der Waals surface area contributed by atoms with Gasteiger partial charge in [0.15, 0.2) is 0 Å². The molecular weight excluding hydrogens is 1440 g/mol. The molecular formula is C47H23Cl2N14Na7O20S4. The summed E-state index contributed by atoms with van der Waals surface area (Å²) in [6.45, 7) is 0. The number of hydrogen-bond acceptors (Lipinski definition) is 28. The van der Waals surface area contributed by atoms with E-state index in [0.717, 1.165) is 42.5 Å². The molecule has 34 nitrogen and oxygen atoms in total. The van der Waals surface area contributed by atoms with E-state index >= 15 is 0 Å². The maximum atomic E-state index is 14.2. The Bertz CT molecular complexity index is 5080. The van der Waals surface area contributed by atoms with E-state index in [9.17, 15) is 91.8 Å². The minimum atomic E-state index is -5.46. The number of rotatable bonds is 15. The second-order valence-corrected chi connectivity index (χ2v) is 23.4. The van der Waals surface area contributed by atoms with Crippen LogP contribution in [0.1, 0.15) is 31.1 Å². The van der Waals surface area contributed by atoms with Gasteiger partial charge in [0.1, 0.15) is 30.0 Å². The number of H-pyrrole nitrogens is 4. The van der Waals surface area contributed by atoms with Crippen LogP contribution in [-0.4, -0.2) is 99.7 Å². The van der Waals surface area contributed by atoms with E-state index in [1.807, 2.05) is 0 Å². The standard InChI is InChI=1S/C47H30Cl2N14O20S4.7Na/c48-42-54-44(58-46(56-42)52-29-16-23(84(72,73)74)11-18-13-31(86(78,79)80)35(37(64)33(18)29)62-60-27-7-3-1-5-25(27)40(68)69)50-21-9-20(39(66)67)10-22(15-21)51-45-55-43(49)57-47(59-45)53-30-17-24(85(75,76)77)12-19-14-32(87(81,82)83)36(38(65)34(19)30)63-61-28-8-4-2-6-26(28)41(70)71;;;;;;;/h1-17,64-65H,(H,66,67)(H,68,69)(H,70,71)(H,72,73,74)(H,75,76,77)(H,78,79,80)(H,81,82,83)(H2,50,52,54,56,58)(H2,51,53,55,57,59);;;;;;;/q;7*+1/p-7. The number of carboxylic acid groups (broad SMARTS) is 3. The van der Waals surface area contributed by atoms with E-state index in [4.69, 9.17) is 23.2 Å². The molecule has 2 aromatic heterocycles. The van der Waals surface area contributed by atoms with Crippen molar-refractivity contribution < 1.29 is 299 Å². The first kappa shape index (κ1) is 86.8. The number of aromatic nitrogens is 6. The third-order valence-corrected chi connectivity index (χ3v) is 15.2. The maximum Gasteiger partial charge on any atom is 1.00 e. The molecule has 0 aliphatic carbocycles. The van der Waals surface area contributed by atoms with Crippen LogP contribution in [0, 0.1) is 0 Å². The largest absolute Gasteiger partial charge is 1.00 e. The summed E-state index contributed by atoms with van der Waals surface area (Å²) < 4.78 is 145. The van der Waals surface area contributed by atoms with Crippen molar-refractivity contribution in [2.45, 2.75) is 19.6 Å². The van der Waals surface area contributed by atoms with Crippen LogP contribution in [0.4, 0.5) is 45.5 Å². The zero-order valence-electron chi connectivity index (χ0n) is 48.9. The summed E-state index contributed by atoms with van der Waals surface area (Å²) in [7, 11) is -21.8. The van der Waals surface area contributed by atoms with Gasteiger partial charge >= 0.3 is 207 Å². The van der Waals surface area contributed by atoms with E-state index in [2.05, 4.69) is 70.3 Å². The predicted octanol–water partition coefficient (Wildman–Crippen LogP) is -20.3. The summed E-state index contributed by atoms with van der Waals surface area (Å²) in [4.78, 5) is 65.4. The zero-order chi connectivity index (χ0) is 63.2. The predicted molar refractivity (Wildman–Crippen MR) is 280 cm³/mol. The quantitative estimate of drug-likeness (QED) is 0.0315. The van der Waals surface area contributed by atoms with Crippen LogP contribution in [0.25, 0.3) is 21.5 Å². The number of azo groups is 2. The number of carboxylic acids is 3. The second-order valence-electron chi connectivity index (χ2n) is 17.2. The number of aromatic carboxylic acids is 3. The second kappa shape index (κ2) is 35.2. The SMILES string of the molecule is O=C([O-])c1cc(N=c2nc(Cl)[nH]c(=Nc3cc(S(=O)(=O)[O-])cc4cc(S(=O)(=O)O)c(N=Nc5ccccc5C(=O)[O-])c([O-])c34)[nH]2)cc(N=c2nc(Cl)[nH]c(=Nc3cc(S(=O)(=O)[O-])cc4cc(S(=O)(=O)O)c(N=Nc5ccccc5C(=O)[O-])c([O-])c34)[nH]2)c1.[Na+].[Na+].[Na+].[Na+].[Na+].[Na+].[Na+]. The molecule has 0 aliphatic rings. The molecule has 0 unspecified atom stereocenters. The molecule has 0 radical (unpaired) electrons. The number of hydrogen-bond donors (Lipinski definition) is 6. The summed E-state index contributed by atoms with van der Waals surface area (Å²) in [5.74, 6) is -8.21. The number of carbonyl (C=O) groups is 3. The fraction of sp³-hybridized carbons (Fsp3) is 0. The normalized spacial score (nSPS) is 12.4. The number of carbonyl (C=O) groups excluding carboxylic acids is 3. The number of fused-ring (bicyclic) bond motifs is 2. The molecule has 47 heteroatoms. The molecule has 0 saturated carbocycles. The van der Waals surface area contributed by atoms with Crippen LogP contribution in [0.5, 0.6) is 11.5 Å². The van der Waals surface area contributed by atoms with Gasteiger partial charge < -0.3 is 59.0 Å². The Morgan fingerprint density at radius 3 is 1.12 bits per heavy atom. The number of nitrogens with zero attached hydrogens (tertiary/aromatic N) is 10. The molecule has 9 aromatic rings. The van der Waals surface area contributed by atoms with Gasteiger partial charge in [-0.05, 0) is 101 Å². The molecule has 446 valence electrons. The van der Waals surface area contributed by atoms with Gasteiger partial charge in [-0.1, -0.05) is 47.9 Å². The van der Waals surface area contributed by atoms with Gasteiger partial charge in [-0.2, -0.15) is 26.8 Å². The van der Waals surface area contributed by atoms with Crippen molar-refractivity contribution in [2.75, 3.05) is 0 Å². The Morgan fingerprint density at radius 1 is 0.447 bits per heavy atom. The van der Waals surface area contributed by atoms with Crippen molar-refractivity contribution in [3.8, 4) is 11.5 Å². The first-order chi connectivity index (χ1) is 40.7. The van der Waals surface area contributed by atoms with Crippen LogP contribution in [0.2, 0.25) is 10.6 Å². The molecule has 2 heterocycles. The minimum Gasteiger partial charge on any atom is -0.870 e. The van der Waals surface area contributed by atoms with Crippen LogP contribution in [0.3, 0.4) is 0 Å². The average Bonchev–Trinajstić information content (AvgIpc) is 0.758. The fourth-order valence-corrected chi connectivity index (χ4v) is 10.6. The number of nitrogens with one attached hydrogen (secondary N) is 4. The molecule has 94 heavy (non-hydrogen) atoms. The first-order valence-corrected chi connectivity index (χ1v) is 29.4. The van der Waals surface area contributed by atoms with E-state index < -0.39 is 195 Å². The molecule has 9 rings (SSSR count). The molecule has 0 amide bonds. The van der Waals surface area contributed by atoms with Gasteiger partial charge in [0, 0.05) is 27.5 Å². The van der Waals surface area contributed by atoms with Crippen molar-refractivity contribution in [1.29, 1.82) is 0 Å². The van der Waals surface area contributed by atoms with Gasteiger partial charge in [0.05, 0.1) is 73.2 Å². The number of halogens is 2. The molecule has 0 spiro atoms. The van der Waals surface area contributed by atoms with E-state index in [1.54, 1.807) is 0 Å². The third-order valence-electron chi connectivity index (χ3n) is 11.4. The fourth-order valence-electron chi connectivity index (χ4n) is 7.88. The molecule has 0 saturated heterocycles. The minimum absolute atomic E-state index is 0. The topological polar surface area (TPSA) is 577 Å². The summed E-state index contributed by atoms with van der Waals surface area (Å²) >= 11 is 12.5. The van der Waals surface area contributed by atoms with Gasteiger partial charge in [0.2, 0.25) is 33.0 Å². The Kier molecular flexibility index (Phi) is 32.5. The number of aromatic amines is 4. The van der Waals surface area contributed by atoms with Crippen LogP contribution >= 0.6 is 23.2 Å². The molecule has 7 aromatic carbocycles. The summed E-state index contributed by atoms with van der Waals surface area (Å²) in [5.41, 5.74) is -9.45. The van der Waals surface area contributed by atoms with Crippen LogP contribution in [0.15, 0.2) is 163 Å². The smallest absolute Gasteiger partial charge is 0.870 e. The maximum absolute atomic E-state index is 14.2. The van der Waals surface area contributed by atoms with Crippen molar-refractivity contribution in [3.05, 3.63) is 153 Å². The summed E-state index contributed by atoms with van der Waals surface area (Å²) in [6, 6.07) is 15.7. The van der Waals surface area contributed by atoms with Gasteiger partial charge in [-0.3, -0.25) is 19.1 Å². The molecule has 6 N–H and O–H groups in total. The van der Waals surface area contributed by atoms with Crippen molar-refractivity contribution >= 4 is 149 Å². The summed E-state index contributed by atoms with van der Waals surface area (Å²) in [6.07, 6.45) is 0. The summed E-state index contributed by atoms with van der Waals surface area (Å²) in [5, 5.41) is 74.8. The van der Waals surface area contributed by atoms with Gasteiger partial charge in [-0.25, -0.2) is 36.8 Å². The monoisotopic (exact) mass is 1460 g/mol. The van der Waals surface area contributed by atoms with E-state index in [1.165, 1.54) is 24.3 Å². The zero-order valence-corrected chi connectivity index (χ0v) is 67.7. The molecule has 0 aliphatic heterocycles.